The van der Waals surface area contributed by atoms with E-state index >= 15 is 0 Å². The van der Waals surface area contributed by atoms with Crippen LogP contribution in [0.5, 0.6) is 0 Å². The van der Waals surface area contributed by atoms with Gasteiger partial charge in [-0.3, -0.25) is 0 Å². The van der Waals surface area contributed by atoms with E-state index < -0.39 is 0 Å². The second-order valence-corrected chi connectivity index (χ2v) is 5.71. The molecule has 0 atom stereocenters. The highest BCUT2D eigenvalue weighted by atomic mass is 35.5. The van der Waals surface area contributed by atoms with Crippen molar-refractivity contribution in [2.24, 2.45) is 0 Å². The van der Waals surface area contributed by atoms with Crippen LogP contribution < -0.4 is 5.32 Å². The van der Waals surface area contributed by atoms with Crippen LogP contribution in [0.3, 0.4) is 0 Å². The molecule has 0 aliphatic carbocycles. The third kappa shape index (κ3) is 2.93. The zero-order valence-corrected chi connectivity index (χ0v) is 10.7. The quantitative estimate of drug-likeness (QED) is 0.896. The molecule has 0 radical (unpaired) electrons. The number of thiophene rings is 1. The van der Waals surface area contributed by atoms with Crippen molar-refractivity contribution in [1.82, 2.24) is 4.98 Å². The summed E-state index contributed by atoms with van der Waals surface area (Å²) < 4.78 is 0.834. The molecule has 2 rings (SSSR count). The highest BCUT2D eigenvalue weighted by Gasteiger charge is 2.01. The van der Waals surface area contributed by atoms with Crippen LogP contribution in [0.1, 0.15) is 17.5 Å². The maximum atomic E-state index is 5.85. The number of thiazole rings is 1. The first-order valence-electron chi connectivity index (χ1n) is 4.70. The highest BCUT2D eigenvalue weighted by molar-refractivity contribution is 7.16. The monoisotopic (exact) mass is 258 g/mol. The average Bonchev–Trinajstić information content (AvgIpc) is 2.83. The molecule has 2 heterocycles. The Bertz CT molecular complexity index is 436. The summed E-state index contributed by atoms with van der Waals surface area (Å²) in [6.07, 6.45) is 0.989. The van der Waals surface area contributed by atoms with Gasteiger partial charge in [-0.2, -0.15) is 0 Å². The van der Waals surface area contributed by atoms with Gasteiger partial charge in [0.2, 0.25) is 0 Å². The van der Waals surface area contributed by atoms with Crippen molar-refractivity contribution in [2.75, 3.05) is 5.32 Å². The van der Waals surface area contributed by atoms with Crippen molar-refractivity contribution >= 4 is 39.4 Å². The van der Waals surface area contributed by atoms with Gasteiger partial charge in [-0.15, -0.1) is 22.7 Å². The Kier molecular flexibility index (Phi) is 3.61. The Morgan fingerprint density at radius 3 is 2.93 bits per heavy atom. The second-order valence-electron chi connectivity index (χ2n) is 3.06. The van der Waals surface area contributed by atoms with Crippen LogP contribution in [0.4, 0.5) is 5.13 Å². The van der Waals surface area contributed by atoms with Crippen LogP contribution in [0, 0.1) is 0 Å². The molecule has 0 bridgehead atoms. The Labute approximate surface area is 102 Å². The third-order valence-corrected chi connectivity index (χ3v) is 4.04. The Morgan fingerprint density at radius 2 is 2.33 bits per heavy atom. The first kappa shape index (κ1) is 10.9. The van der Waals surface area contributed by atoms with E-state index in [4.69, 9.17) is 11.6 Å². The number of hydrogen-bond acceptors (Lipinski definition) is 4. The minimum Gasteiger partial charge on any atom is -0.357 e. The first-order chi connectivity index (χ1) is 7.28. The van der Waals surface area contributed by atoms with E-state index in [1.807, 2.05) is 12.1 Å². The van der Waals surface area contributed by atoms with Gasteiger partial charge in [0.05, 0.1) is 16.6 Å². The first-order valence-corrected chi connectivity index (χ1v) is 6.78. The van der Waals surface area contributed by atoms with Gasteiger partial charge in [-0.25, -0.2) is 4.98 Å². The summed E-state index contributed by atoms with van der Waals surface area (Å²) in [5, 5.41) is 6.36. The van der Waals surface area contributed by atoms with Crippen molar-refractivity contribution < 1.29 is 0 Å². The molecule has 0 saturated carbocycles. The molecule has 0 fully saturated rings. The maximum absolute atomic E-state index is 5.85. The molecule has 15 heavy (non-hydrogen) atoms. The van der Waals surface area contributed by atoms with E-state index in [0.29, 0.717) is 0 Å². The summed E-state index contributed by atoms with van der Waals surface area (Å²) in [7, 11) is 0. The fourth-order valence-electron chi connectivity index (χ4n) is 1.16. The number of hydrogen-bond donors (Lipinski definition) is 1. The third-order valence-electron chi connectivity index (χ3n) is 1.96. The standard InChI is InChI=1S/C10H11ClN2S2/c1-2-7-6-14-10(13-7)12-5-8-3-4-9(11)15-8/h3-4,6H,2,5H2,1H3,(H,12,13). The molecule has 0 unspecified atom stereocenters. The largest absolute Gasteiger partial charge is 0.357 e. The highest BCUT2D eigenvalue weighted by Crippen LogP contribution is 2.23. The van der Waals surface area contributed by atoms with Gasteiger partial charge in [0.25, 0.3) is 0 Å². The second kappa shape index (κ2) is 4.96. The fourth-order valence-corrected chi connectivity index (χ4v) is 2.98. The number of nitrogens with zero attached hydrogens (tertiary/aromatic N) is 1. The van der Waals surface area contributed by atoms with Crippen LogP contribution in [-0.2, 0) is 13.0 Å². The van der Waals surface area contributed by atoms with Crippen LogP contribution in [0.15, 0.2) is 17.5 Å². The summed E-state index contributed by atoms with van der Waals surface area (Å²) in [6.45, 7) is 2.91. The Hall–Kier alpha value is -0.580. The van der Waals surface area contributed by atoms with Crippen LogP contribution in [0.25, 0.3) is 0 Å². The van der Waals surface area contributed by atoms with Crippen molar-refractivity contribution in [3.63, 3.8) is 0 Å². The van der Waals surface area contributed by atoms with E-state index in [0.717, 1.165) is 28.1 Å². The molecule has 0 amide bonds. The van der Waals surface area contributed by atoms with E-state index in [-0.39, 0.29) is 0 Å². The van der Waals surface area contributed by atoms with Crippen molar-refractivity contribution in [2.45, 2.75) is 19.9 Å². The molecule has 0 aliphatic rings. The smallest absolute Gasteiger partial charge is 0.183 e. The molecule has 2 aromatic rings. The summed E-state index contributed by atoms with van der Waals surface area (Å²) in [5.74, 6) is 0. The summed E-state index contributed by atoms with van der Waals surface area (Å²) in [4.78, 5) is 5.66. The minimum absolute atomic E-state index is 0.800. The van der Waals surface area contributed by atoms with Gasteiger partial charge < -0.3 is 5.32 Å². The lowest BCUT2D eigenvalue weighted by atomic mass is 10.4. The number of aryl methyl sites for hydroxylation is 1. The summed E-state index contributed by atoms with van der Waals surface area (Å²) >= 11 is 9.10. The predicted octanol–water partition coefficient (Wildman–Crippen LogP) is 4.03. The summed E-state index contributed by atoms with van der Waals surface area (Å²) in [5.41, 5.74) is 1.15. The van der Waals surface area contributed by atoms with Gasteiger partial charge in [0.15, 0.2) is 5.13 Å². The molecule has 2 nitrogen and oxygen atoms in total. The lowest BCUT2D eigenvalue weighted by Gasteiger charge is -1.98. The van der Waals surface area contributed by atoms with Gasteiger partial charge >= 0.3 is 0 Å². The van der Waals surface area contributed by atoms with Gasteiger partial charge in [0.1, 0.15) is 0 Å². The molecule has 80 valence electrons. The number of rotatable bonds is 4. The van der Waals surface area contributed by atoms with Gasteiger partial charge in [-0.1, -0.05) is 18.5 Å². The zero-order valence-electron chi connectivity index (χ0n) is 8.29. The van der Waals surface area contributed by atoms with Crippen LogP contribution >= 0.6 is 34.3 Å². The lowest BCUT2D eigenvalue weighted by molar-refractivity contribution is 1.05. The average molecular weight is 259 g/mol. The van der Waals surface area contributed by atoms with Crippen LogP contribution in [0.2, 0.25) is 4.34 Å². The molecule has 0 aromatic carbocycles. The van der Waals surface area contributed by atoms with Crippen molar-refractivity contribution in [3.8, 4) is 0 Å². The minimum atomic E-state index is 0.800. The normalized spacial score (nSPS) is 10.5. The molecule has 5 heteroatoms. The number of halogens is 1. The fraction of sp³-hybridized carbons (Fsp3) is 0.300. The molecule has 2 aromatic heterocycles. The molecular weight excluding hydrogens is 248 g/mol. The lowest BCUT2D eigenvalue weighted by Crippen LogP contribution is -1.96. The summed E-state index contributed by atoms with van der Waals surface area (Å²) in [6, 6.07) is 3.96. The van der Waals surface area contributed by atoms with E-state index in [1.165, 1.54) is 4.88 Å². The van der Waals surface area contributed by atoms with Crippen molar-refractivity contribution in [1.29, 1.82) is 0 Å². The molecule has 0 saturated heterocycles. The topological polar surface area (TPSA) is 24.9 Å². The number of aromatic nitrogens is 1. The molecule has 0 spiro atoms. The zero-order chi connectivity index (χ0) is 10.7. The van der Waals surface area contributed by atoms with Crippen molar-refractivity contribution in [3.05, 3.63) is 32.4 Å². The number of anilines is 1. The maximum Gasteiger partial charge on any atom is 0.183 e. The Morgan fingerprint density at radius 1 is 1.47 bits per heavy atom. The van der Waals surface area contributed by atoms with E-state index in [2.05, 4.69) is 22.6 Å². The van der Waals surface area contributed by atoms with Crippen LogP contribution in [-0.4, -0.2) is 4.98 Å². The predicted molar refractivity (Wildman–Crippen MR) is 68.1 cm³/mol. The molecular formula is C10H11ClN2S2. The molecule has 1 N–H and O–H groups in total. The van der Waals surface area contributed by atoms with E-state index in [1.54, 1.807) is 22.7 Å². The SMILES string of the molecule is CCc1csc(NCc2ccc(Cl)s2)n1. The Balaban J connectivity index is 1.93. The molecule has 0 aliphatic heterocycles. The number of nitrogens with one attached hydrogen (secondary N) is 1. The van der Waals surface area contributed by atoms with Gasteiger partial charge in [-0.05, 0) is 18.6 Å². The van der Waals surface area contributed by atoms with Gasteiger partial charge in [0, 0.05) is 10.3 Å². The van der Waals surface area contributed by atoms with E-state index in [9.17, 15) is 0 Å².